The van der Waals surface area contributed by atoms with Crippen LogP contribution in [0.2, 0.25) is 0 Å². The molecule has 3 rings (SSSR count). The molecule has 1 fully saturated rings. The molecule has 0 atom stereocenters. The molecule has 1 aliphatic heterocycles. The summed E-state index contributed by atoms with van der Waals surface area (Å²) in [5.41, 5.74) is 1.32. The van der Waals surface area contributed by atoms with Gasteiger partial charge in [-0.1, -0.05) is 55.8 Å². The van der Waals surface area contributed by atoms with Crippen LogP contribution in [0, 0.1) is 0 Å². The Labute approximate surface area is 157 Å². The number of benzene rings is 2. The van der Waals surface area contributed by atoms with Crippen LogP contribution in [0.4, 0.5) is 0 Å². The van der Waals surface area contributed by atoms with E-state index < -0.39 is 10.0 Å². The fourth-order valence-corrected chi connectivity index (χ4v) is 4.92. The standard InChI is InChI=1S/C19H26N2O2S.ClH/c1-2-3-15-24(22,23)21-13-11-20(12-14-21)16-18-9-6-8-17-7-4-5-10-19(17)18;/h4-10H,2-3,11-16H2,1H3;1H. The van der Waals surface area contributed by atoms with E-state index in [2.05, 4.69) is 47.4 Å². The summed E-state index contributed by atoms with van der Waals surface area (Å²) in [6.45, 7) is 5.72. The predicted molar refractivity (Wildman–Crippen MR) is 107 cm³/mol. The average molecular weight is 383 g/mol. The second-order valence-electron chi connectivity index (χ2n) is 6.48. The fraction of sp³-hybridized carbons (Fsp3) is 0.474. The highest BCUT2D eigenvalue weighted by atomic mass is 35.5. The van der Waals surface area contributed by atoms with Gasteiger partial charge >= 0.3 is 0 Å². The van der Waals surface area contributed by atoms with Gasteiger partial charge in [0, 0.05) is 32.7 Å². The summed E-state index contributed by atoms with van der Waals surface area (Å²) in [7, 11) is -3.07. The molecule has 4 nitrogen and oxygen atoms in total. The third-order valence-corrected chi connectivity index (χ3v) is 6.71. The predicted octanol–water partition coefficient (Wildman–Crippen LogP) is 3.51. The molecule has 0 amide bonds. The molecule has 0 radical (unpaired) electrons. The lowest BCUT2D eigenvalue weighted by molar-refractivity contribution is 0.182. The van der Waals surface area contributed by atoms with E-state index in [-0.39, 0.29) is 18.2 Å². The first kappa shape index (κ1) is 20.2. The van der Waals surface area contributed by atoms with Crippen LogP contribution < -0.4 is 0 Å². The molecular formula is C19H27ClN2O2S. The Morgan fingerprint density at radius 2 is 1.64 bits per heavy atom. The maximum Gasteiger partial charge on any atom is 0.214 e. The van der Waals surface area contributed by atoms with Gasteiger partial charge < -0.3 is 0 Å². The molecule has 0 aliphatic carbocycles. The van der Waals surface area contributed by atoms with Crippen LogP contribution in [0.5, 0.6) is 0 Å². The topological polar surface area (TPSA) is 40.6 Å². The Morgan fingerprint density at radius 1 is 0.960 bits per heavy atom. The number of sulfonamides is 1. The minimum Gasteiger partial charge on any atom is -0.296 e. The molecule has 1 heterocycles. The van der Waals surface area contributed by atoms with E-state index in [0.717, 1.165) is 32.5 Å². The Bertz CT molecular complexity index is 782. The van der Waals surface area contributed by atoms with E-state index in [1.54, 1.807) is 4.31 Å². The second-order valence-corrected chi connectivity index (χ2v) is 8.57. The molecule has 2 aromatic carbocycles. The molecule has 0 bridgehead atoms. The van der Waals surface area contributed by atoms with E-state index >= 15 is 0 Å². The van der Waals surface area contributed by atoms with Crippen LogP contribution in [0.15, 0.2) is 42.5 Å². The van der Waals surface area contributed by atoms with Crippen LogP contribution in [-0.4, -0.2) is 49.6 Å². The number of unbranched alkanes of at least 4 members (excludes halogenated alkanes) is 1. The molecule has 0 aromatic heterocycles. The van der Waals surface area contributed by atoms with Crippen molar-refractivity contribution < 1.29 is 8.42 Å². The largest absolute Gasteiger partial charge is 0.296 e. The fourth-order valence-electron chi connectivity index (χ4n) is 3.29. The molecule has 138 valence electrons. The number of halogens is 1. The quantitative estimate of drug-likeness (QED) is 0.767. The monoisotopic (exact) mass is 382 g/mol. The summed E-state index contributed by atoms with van der Waals surface area (Å²) in [6.07, 6.45) is 1.67. The van der Waals surface area contributed by atoms with Crippen molar-refractivity contribution in [3.05, 3.63) is 48.0 Å². The van der Waals surface area contributed by atoms with Gasteiger partial charge in [-0.25, -0.2) is 8.42 Å². The molecule has 1 aliphatic rings. The van der Waals surface area contributed by atoms with Gasteiger partial charge in [0.15, 0.2) is 0 Å². The van der Waals surface area contributed by atoms with Crippen LogP contribution in [0.1, 0.15) is 25.3 Å². The third-order valence-electron chi connectivity index (χ3n) is 4.75. The zero-order chi connectivity index (χ0) is 17.0. The van der Waals surface area contributed by atoms with Crippen molar-refractivity contribution in [2.24, 2.45) is 0 Å². The minimum atomic E-state index is -3.07. The Balaban J connectivity index is 0.00000225. The lowest BCUT2D eigenvalue weighted by Crippen LogP contribution is -2.48. The van der Waals surface area contributed by atoms with E-state index in [1.165, 1.54) is 16.3 Å². The van der Waals surface area contributed by atoms with Crippen LogP contribution in [-0.2, 0) is 16.6 Å². The molecule has 0 unspecified atom stereocenters. The highest BCUT2D eigenvalue weighted by Gasteiger charge is 2.26. The van der Waals surface area contributed by atoms with Crippen LogP contribution in [0.3, 0.4) is 0 Å². The van der Waals surface area contributed by atoms with Crippen LogP contribution >= 0.6 is 12.4 Å². The van der Waals surface area contributed by atoms with E-state index in [9.17, 15) is 8.42 Å². The highest BCUT2D eigenvalue weighted by Crippen LogP contribution is 2.21. The molecular weight excluding hydrogens is 356 g/mol. The van der Waals surface area contributed by atoms with E-state index in [4.69, 9.17) is 0 Å². The van der Waals surface area contributed by atoms with Crippen molar-refractivity contribution in [3.63, 3.8) is 0 Å². The maximum atomic E-state index is 12.3. The van der Waals surface area contributed by atoms with Crippen molar-refractivity contribution in [1.29, 1.82) is 0 Å². The molecule has 1 saturated heterocycles. The summed E-state index contributed by atoms with van der Waals surface area (Å²) in [5, 5.41) is 2.55. The number of nitrogens with zero attached hydrogens (tertiary/aromatic N) is 2. The first-order valence-electron chi connectivity index (χ1n) is 8.77. The van der Waals surface area contributed by atoms with Crippen molar-refractivity contribution in [2.45, 2.75) is 26.3 Å². The number of rotatable bonds is 6. The second kappa shape index (κ2) is 8.99. The molecule has 2 aromatic rings. The van der Waals surface area contributed by atoms with Gasteiger partial charge in [0.05, 0.1) is 5.75 Å². The van der Waals surface area contributed by atoms with Gasteiger partial charge in [-0.3, -0.25) is 4.90 Å². The average Bonchev–Trinajstić information content (AvgIpc) is 2.61. The zero-order valence-electron chi connectivity index (χ0n) is 14.7. The van der Waals surface area contributed by atoms with Gasteiger partial charge in [0.1, 0.15) is 0 Å². The molecule has 0 saturated carbocycles. The zero-order valence-corrected chi connectivity index (χ0v) is 16.4. The molecule has 6 heteroatoms. The number of hydrogen-bond donors (Lipinski definition) is 0. The van der Waals surface area contributed by atoms with Crippen molar-refractivity contribution in [3.8, 4) is 0 Å². The van der Waals surface area contributed by atoms with Gasteiger partial charge in [-0.05, 0) is 22.8 Å². The number of hydrogen-bond acceptors (Lipinski definition) is 3. The number of fused-ring (bicyclic) bond motifs is 1. The summed E-state index contributed by atoms with van der Waals surface area (Å²) >= 11 is 0. The normalized spacial score (nSPS) is 16.7. The number of piperazine rings is 1. The van der Waals surface area contributed by atoms with E-state index in [0.29, 0.717) is 13.1 Å². The molecule has 25 heavy (non-hydrogen) atoms. The van der Waals surface area contributed by atoms with Gasteiger partial charge in [0.25, 0.3) is 0 Å². The lowest BCUT2D eigenvalue weighted by Gasteiger charge is -2.34. The van der Waals surface area contributed by atoms with Crippen LogP contribution in [0.25, 0.3) is 10.8 Å². The Hall–Kier alpha value is -1.14. The Kier molecular flexibility index (Phi) is 7.25. The molecule has 0 spiro atoms. The first-order chi connectivity index (χ1) is 11.6. The van der Waals surface area contributed by atoms with Crippen molar-refractivity contribution >= 4 is 33.2 Å². The Morgan fingerprint density at radius 3 is 2.36 bits per heavy atom. The minimum absolute atomic E-state index is 0. The summed E-state index contributed by atoms with van der Waals surface area (Å²) < 4.78 is 26.3. The van der Waals surface area contributed by atoms with Gasteiger partial charge in [-0.2, -0.15) is 4.31 Å². The summed E-state index contributed by atoms with van der Waals surface area (Å²) in [4.78, 5) is 2.35. The highest BCUT2D eigenvalue weighted by molar-refractivity contribution is 7.89. The third kappa shape index (κ3) is 4.94. The van der Waals surface area contributed by atoms with Gasteiger partial charge in [-0.15, -0.1) is 12.4 Å². The summed E-state index contributed by atoms with van der Waals surface area (Å²) in [6, 6.07) is 14.8. The van der Waals surface area contributed by atoms with Crippen molar-refractivity contribution in [2.75, 3.05) is 31.9 Å². The smallest absolute Gasteiger partial charge is 0.214 e. The van der Waals surface area contributed by atoms with Gasteiger partial charge in [0.2, 0.25) is 10.0 Å². The first-order valence-corrected chi connectivity index (χ1v) is 10.4. The maximum absolute atomic E-state index is 12.3. The van der Waals surface area contributed by atoms with E-state index in [1.807, 2.05) is 6.92 Å². The SMILES string of the molecule is CCCCS(=O)(=O)N1CCN(Cc2cccc3ccccc23)CC1.Cl. The molecule has 0 N–H and O–H groups in total. The van der Waals surface area contributed by atoms with Crippen molar-refractivity contribution in [1.82, 2.24) is 9.21 Å². The summed E-state index contributed by atoms with van der Waals surface area (Å²) in [5.74, 6) is 0.285. The lowest BCUT2D eigenvalue weighted by atomic mass is 10.0.